The number of rotatable bonds is 9. The average Bonchev–Trinajstić information content (AvgIpc) is 3.58. The van der Waals surface area contributed by atoms with Crippen LogP contribution in [0, 0.1) is 5.92 Å². The molecule has 0 saturated heterocycles. The lowest BCUT2D eigenvalue weighted by atomic mass is 9.62. The molecule has 0 N–H and O–H groups in total. The Morgan fingerprint density at radius 2 is 1.03 bits per heavy atom. The third-order valence-corrected chi connectivity index (χ3v) is 15.3. The van der Waals surface area contributed by atoms with Gasteiger partial charge in [0.15, 0.2) is 18.4 Å². The smallest absolute Gasteiger partial charge is 0.171 e. The monoisotopic (exact) mass is 834 g/mol. The summed E-state index contributed by atoms with van der Waals surface area (Å²) in [7, 11) is 0. The number of nitrogens with zero attached hydrogens (tertiary/aromatic N) is 3. The molecule has 0 bridgehead atoms. The molecule has 3 aliphatic carbocycles. The number of anilines is 6. The molecule has 3 nitrogen and oxygen atoms in total. The minimum Gasteiger partial charge on any atom is -0.310 e. The molecule has 3 heteroatoms. The molecule has 8 aromatic rings. The van der Waals surface area contributed by atoms with Crippen LogP contribution < -0.4 is 14.4 Å². The molecule has 11 rings (SSSR count). The fourth-order valence-corrected chi connectivity index (χ4v) is 12.0. The standard InChI is InChI=1S/C61H60N3/c1-44-16-15-39-61(43-44,46-26-30-51(31-27-46)63(49-20-9-5-10-21-49)53-37-40-62(41-38-53)48-18-7-4-8-19-48)47-28-32-52(33-29-47)64(50-22-11-6-12-23-50)54-34-35-56-58(42-54)60(2,3)57-36-25-45-17-13-14-24-55(45)59(56)57/h5-6,9-14,17,20-38,40-42,44,48H,4,7-8,15-16,18-19,39,43H2,1-3H3/q+1. The van der Waals surface area contributed by atoms with E-state index in [1.54, 1.807) is 0 Å². The third kappa shape index (κ3) is 7.10. The van der Waals surface area contributed by atoms with Crippen molar-refractivity contribution in [2.24, 2.45) is 5.92 Å². The minimum absolute atomic E-state index is 0.0612. The average molecular weight is 835 g/mol. The van der Waals surface area contributed by atoms with Crippen molar-refractivity contribution in [1.29, 1.82) is 0 Å². The summed E-state index contributed by atoms with van der Waals surface area (Å²) in [6.45, 7) is 7.24. The van der Waals surface area contributed by atoms with Crippen molar-refractivity contribution < 1.29 is 4.57 Å². The van der Waals surface area contributed by atoms with Gasteiger partial charge in [0.25, 0.3) is 0 Å². The first-order valence-corrected chi connectivity index (χ1v) is 24.0. The highest BCUT2D eigenvalue weighted by Crippen LogP contribution is 2.53. The van der Waals surface area contributed by atoms with Crippen LogP contribution in [0.3, 0.4) is 0 Å². The second-order valence-electron chi connectivity index (χ2n) is 19.6. The predicted molar refractivity (Wildman–Crippen MR) is 268 cm³/mol. The van der Waals surface area contributed by atoms with Gasteiger partial charge in [-0.25, -0.2) is 4.57 Å². The predicted octanol–water partition coefficient (Wildman–Crippen LogP) is 16.4. The number of hydrogen-bond acceptors (Lipinski definition) is 2. The number of benzene rings is 7. The number of aromatic nitrogens is 1. The van der Waals surface area contributed by atoms with E-state index in [2.05, 4.69) is 223 Å². The molecule has 0 spiro atoms. The molecule has 7 aromatic carbocycles. The molecule has 2 unspecified atom stereocenters. The number of para-hydroxylation sites is 2. The van der Waals surface area contributed by atoms with Gasteiger partial charge in [-0.15, -0.1) is 0 Å². The maximum atomic E-state index is 2.46. The summed E-state index contributed by atoms with van der Waals surface area (Å²) in [5, 5.41) is 2.63. The molecule has 0 aliphatic heterocycles. The molecule has 0 amide bonds. The molecule has 0 radical (unpaired) electrons. The van der Waals surface area contributed by atoms with Crippen molar-refractivity contribution in [2.45, 2.75) is 95.4 Å². The SMILES string of the molecule is CC1CCCC(c2ccc(N(c3ccccc3)c3cc[n+](C4CCCCC4)cc3)cc2)(c2ccc(N(c3ccccc3)c3ccc4c(c3)C(C)(C)c3ccc5ccccc5c3-4)cc2)C1. The van der Waals surface area contributed by atoms with E-state index < -0.39 is 0 Å². The van der Waals surface area contributed by atoms with Gasteiger partial charge in [-0.1, -0.05) is 143 Å². The van der Waals surface area contributed by atoms with Crippen LogP contribution in [0.25, 0.3) is 21.9 Å². The molecule has 2 saturated carbocycles. The Morgan fingerprint density at radius 3 is 1.66 bits per heavy atom. The van der Waals surface area contributed by atoms with Crippen LogP contribution in [0.4, 0.5) is 34.1 Å². The van der Waals surface area contributed by atoms with Crippen LogP contribution in [-0.2, 0) is 10.8 Å². The highest BCUT2D eigenvalue weighted by molar-refractivity contribution is 6.03. The van der Waals surface area contributed by atoms with E-state index in [-0.39, 0.29) is 10.8 Å². The number of fused-ring (bicyclic) bond motifs is 5. The Labute approximate surface area is 380 Å². The lowest BCUT2D eigenvalue weighted by Gasteiger charge is -2.42. The van der Waals surface area contributed by atoms with E-state index >= 15 is 0 Å². The molecular formula is C61H60N3+. The Bertz CT molecular complexity index is 2890. The summed E-state index contributed by atoms with van der Waals surface area (Å²) >= 11 is 0. The van der Waals surface area contributed by atoms with Gasteiger partial charge in [0.1, 0.15) is 0 Å². The number of hydrogen-bond donors (Lipinski definition) is 0. The van der Waals surface area contributed by atoms with Crippen molar-refractivity contribution in [3.8, 4) is 11.1 Å². The van der Waals surface area contributed by atoms with E-state index in [9.17, 15) is 0 Å². The summed E-state index contributed by atoms with van der Waals surface area (Å²) in [6, 6.07) is 66.9. The molecule has 1 heterocycles. The summed E-state index contributed by atoms with van der Waals surface area (Å²) in [4.78, 5) is 4.86. The maximum absolute atomic E-state index is 2.46. The molecule has 2 fully saturated rings. The molecular weight excluding hydrogens is 775 g/mol. The second-order valence-corrected chi connectivity index (χ2v) is 19.6. The van der Waals surface area contributed by atoms with Gasteiger partial charge in [0.05, 0.1) is 5.69 Å². The van der Waals surface area contributed by atoms with Crippen LogP contribution in [0.1, 0.15) is 107 Å². The summed E-state index contributed by atoms with van der Waals surface area (Å²) in [5.74, 6) is 0.644. The van der Waals surface area contributed by atoms with Gasteiger partial charge in [-0.3, -0.25) is 0 Å². The zero-order valence-electron chi connectivity index (χ0n) is 37.8. The van der Waals surface area contributed by atoms with Crippen LogP contribution in [-0.4, -0.2) is 0 Å². The molecule has 318 valence electrons. The van der Waals surface area contributed by atoms with E-state index in [0.717, 1.165) is 18.5 Å². The minimum atomic E-state index is -0.118. The van der Waals surface area contributed by atoms with E-state index in [0.29, 0.717) is 12.0 Å². The molecule has 2 atom stereocenters. The van der Waals surface area contributed by atoms with Gasteiger partial charge >= 0.3 is 0 Å². The van der Waals surface area contributed by atoms with Crippen molar-refractivity contribution in [3.05, 3.63) is 211 Å². The van der Waals surface area contributed by atoms with Gasteiger partial charge in [0.2, 0.25) is 0 Å². The van der Waals surface area contributed by atoms with Crippen LogP contribution in [0.15, 0.2) is 188 Å². The summed E-state index contributed by atoms with van der Waals surface area (Å²) < 4.78 is 2.44. The normalized spacial score (nSPS) is 19.2. The van der Waals surface area contributed by atoms with Gasteiger partial charge < -0.3 is 9.80 Å². The highest BCUT2D eigenvalue weighted by Gasteiger charge is 2.39. The summed E-state index contributed by atoms with van der Waals surface area (Å²) in [6.07, 6.45) is 16.0. The van der Waals surface area contributed by atoms with Crippen LogP contribution in [0.2, 0.25) is 0 Å². The molecule has 1 aromatic heterocycles. The fourth-order valence-electron chi connectivity index (χ4n) is 12.0. The lowest BCUT2D eigenvalue weighted by molar-refractivity contribution is -0.725. The molecule has 3 aliphatic rings. The first kappa shape index (κ1) is 40.3. The first-order valence-electron chi connectivity index (χ1n) is 24.0. The Hall–Kier alpha value is -6.45. The van der Waals surface area contributed by atoms with Crippen molar-refractivity contribution >= 4 is 44.9 Å². The third-order valence-electron chi connectivity index (χ3n) is 15.3. The highest BCUT2D eigenvalue weighted by atomic mass is 15.2. The van der Waals surface area contributed by atoms with E-state index in [1.165, 1.54) is 118 Å². The van der Waals surface area contributed by atoms with Crippen molar-refractivity contribution in [3.63, 3.8) is 0 Å². The number of pyridine rings is 1. The zero-order valence-corrected chi connectivity index (χ0v) is 37.8. The fraction of sp³-hybridized carbons (Fsp3) is 0.262. The van der Waals surface area contributed by atoms with Gasteiger partial charge in [0, 0.05) is 64.2 Å². The van der Waals surface area contributed by atoms with Gasteiger partial charge in [-0.2, -0.15) is 0 Å². The quantitative estimate of drug-likeness (QED) is 0.134. The Kier molecular flexibility index (Phi) is 10.5. The van der Waals surface area contributed by atoms with Crippen molar-refractivity contribution in [2.75, 3.05) is 9.80 Å². The topological polar surface area (TPSA) is 10.4 Å². The van der Waals surface area contributed by atoms with E-state index in [1.807, 2.05) is 0 Å². The maximum Gasteiger partial charge on any atom is 0.171 e. The van der Waals surface area contributed by atoms with Crippen LogP contribution in [0.5, 0.6) is 0 Å². The largest absolute Gasteiger partial charge is 0.310 e. The Balaban J connectivity index is 0.945. The molecule has 64 heavy (non-hydrogen) atoms. The Morgan fingerprint density at radius 1 is 0.484 bits per heavy atom. The van der Waals surface area contributed by atoms with Gasteiger partial charge in [-0.05, 0) is 136 Å². The second kappa shape index (κ2) is 16.6. The first-order chi connectivity index (χ1) is 31.4. The lowest BCUT2D eigenvalue weighted by Crippen LogP contribution is -2.39. The van der Waals surface area contributed by atoms with Crippen molar-refractivity contribution in [1.82, 2.24) is 0 Å². The van der Waals surface area contributed by atoms with E-state index in [4.69, 9.17) is 0 Å². The summed E-state index contributed by atoms with van der Waals surface area (Å²) in [5.41, 5.74) is 15.3. The zero-order chi connectivity index (χ0) is 43.3. The van der Waals surface area contributed by atoms with Crippen LogP contribution >= 0.6 is 0 Å².